The standard InChI is InChI=1S/C37H74NO/c1-3-5-7-9-11-13-15-17-19-21-23-25-27-29-31-33-35-38(37-39)36-34-32-30-28-26-24-22-20-18-16-14-12-10-8-6-4-2/h3-36H2,1-2H3. The molecule has 0 rings (SSSR count). The maximum absolute atomic E-state index is 11.3. The molecule has 1 radical (unpaired) electrons. The molecule has 233 valence electrons. The summed E-state index contributed by atoms with van der Waals surface area (Å²) in [5.74, 6) is 0. The molecule has 1 amide bonds. The van der Waals surface area contributed by atoms with Crippen LogP contribution in [0.3, 0.4) is 0 Å². The van der Waals surface area contributed by atoms with E-state index in [1.165, 1.54) is 193 Å². The topological polar surface area (TPSA) is 20.3 Å². The Morgan fingerprint density at radius 1 is 0.308 bits per heavy atom. The summed E-state index contributed by atoms with van der Waals surface area (Å²) < 4.78 is 0. The summed E-state index contributed by atoms with van der Waals surface area (Å²) in [4.78, 5) is 13.2. The molecule has 0 bridgehead atoms. The zero-order chi connectivity index (χ0) is 28.3. The molecule has 0 N–H and O–H groups in total. The number of amides is 1. The molecule has 0 aromatic carbocycles. The molecule has 0 unspecified atom stereocenters. The average Bonchev–Trinajstić information content (AvgIpc) is 2.95. The Balaban J connectivity index is 3.25. The van der Waals surface area contributed by atoms with E-state index in [4.69, 9.17) is 0 Å². The number of rotatable bonds is 35. The molecular weight excluding hydrogens is 474 g/mol. The Kier molecular flexibility index (Phi) is 35.0. The molecule has 39 heavy (non-hydrogen) atoms. The van der Waals surface area contributed by atoms with Gasteiger partial charge in [-0.2, -0.15) is 0 Å². The third kappa shape index (κ3) is 33.6. The minimum Gasteiger partial charge on any atom is -0.334 e. The first kappa shape index (κ1) is 38.5. The van der Waals surface area contributed by atoms with Gasteiger partial charge in [-0.15, -0.1) is 0 Å². The van der Waals surface area contributed by atoms with E-state index in [0.29, 0.717) is 0 Å². The predicted octanol–water partition coefficient (Wildman–Crippen LogP) is 12.9. The maximum Gasteiger partial charge on any atom is 0.312 e. The van der Waals surface area contributed by atoms with Crippen molar-refractivity contribution < 1.29 is 4.79 Å². The molecule has 0 aromatic rings. The molecule has 2 nitrogen and oxygen atoms in total. The highest BCUT2D eigenvalue weighted by atomic mass is 16.1. The number of carbonyl (C=O) groups excluding carboxylic acids is 1. The Morgan fingerprint density at radius 2 is 0.487 bits per heavy atom. The Labute approximate surface area is 248 Å². The van der Waals surface area contributed by atoms with Crippen LogP contribution in [0.4, 0.5) is 0 Å². The van der Waals surface area contributed by atoms with Gasteiger partial charge in [0.05, 0.1) is 0 Å². The fourth-order valence-electron chi connectivity index (χ4n) is 5.90. The average molecular weight is 549 g/mol. The Hall–Kier alpha value is -0.530. The van der Waals surface area contributed by atoms with Crippen LogP contribution in [-0.2, 0) is 4.79 Å². The van der Waals surface area contributed by atoms with Crippen LogP contribution in [0.1, 0.15) is 219 Å². The molecule has 0 saturated carbocycles. The van der Waals surface area contributed by atoms with Gasteiger partial charge in [0.1, 0.15) is 0 Å². The maximum atomic E-state index is 11.3. The Bertz CT molecular complexity index is 401. The number of unbranched alkanes of at least 4 members (excludes halogenated alkanes) is 30. The third-order valence-corrected chi connectivity index (χ3v) is 8.69. The van der Waals surface area contributed by atoms with Crippen molar-refractivity contribution in [1.82, 2.24) is 4.90 Å². The molecule has 0 fully saturated rings. The molecule has 0 spiro atoms. The van der Waals surface area contributed by atoms with Crippen LogP contribution in [-0.4, -0.2) is 24.4 Å². The molecule has 0 aliphatic rings. The van der Waals surface area contributed by atoms with E-state index in [9.17, 15) is 4.79 Å². The molecule has 0 aromatic heterocycles. The SMILES string of the molecule is CCCCCCCCCCCCCCCCCCN([C]=O)CCCCCCCCCCCCCCCCCC. The van der Waals surface area contributed by atoms with Crippen LogP contribution in [0.5, 0.6) is 0 Å². The van der Waals surface area contributed by atoms with Crippen LogP contribution in [0.15, 0.2) is 0 Å². The van der Waals surface area contributed by atoms with E-state index in [1.54, 1.807) is 0 Å². The second-order valence-corrected chi connectivity index (χ2v) is 12.7. The van der Waals surface area contributed by atoms with Crippen molar-refractivity contribution >= 4 is 6.41 Å². The Morgan fingerprint density at radius 3 is 0.667 bits per heavy atom. The fraction of sp³-hybridized carbons (Fsp3) is 0.973. The lowest BCUT2D eigenvalue weighted by Crippen LogP contribution is -2.24. The smallest absolute Gasteiger partial charge is 0.312 e. The minimum absolute atomic E-state index is 0.917. The second-order valence-electron chi connectivity index (χ2n) is 12.7. The van der Waals surface area contributed by atoms with Crippen LogP contribution < -0.4 is 0 Å². The number of hydrogen-bond donors (Lipinski definition) is 0. The van der Waals surface area contributed by atoms with Gasteiger partial charge in [0, 0.05) is 13.1 Å². The molecule has 0 aliphatic carbocycles. The summed E-state index contributed by atoms with van der Waals surface area (Å²) in [6.07, 6.45) is 46.9. The number of hydrogen-bond acceptors (Lipinski definition) is 1. The molecule has 0 heterocycles. The van der Waals surface area contributed by atoms with E-state index < -0.39 is 0 Å². The van der Waals surface area contributed by atoms with E-state index in [-0.39, 0.29) is 0 Å². The zero-order valence-electron chi connectivity index (χ0n) is 27.4. The lowest BCUT2D eigenvalue weighted by molar-refractivity contribution is 0.356. The van der Waals surface area contributed by atoms with Gasteiger partial charge in [0.2, 0.25) is 0 Å². The van der Waals surface area contributed by atoms with Crippen molar-refractivity contribution in [2.24, 2.45) is 0 Å². The summed E-state index contributed by atoms with van der Waals surface area (Å²) >= 11 is 0. The highest BCUT2D eigenvalue weighted by molar-refractivity contribution is 5.47. The molecule has 2 heteroatoms. The highest BCUT2D eigenvalue weighted by Gasteiger charge is 2.03. The van der Waals surface area contributed by atoms with Crippen LogP contribution in [0.2, 0.25) is 0 Å². The van der Waals surface area contributed by atoms with Gasteiger partial charge >= 0.3 is 6.41 Å². The van der Waals surface area contributed by atoms with Crippen molar-refractivity contribution in [3.63, 3.8) is 0 Å². The molecule has 0 aliphatic heterocycles. The summed E-state index contributed by atoms with van der Waals surface area (Å²) in [5, 5.41) is 0. The molecular formula is C37H74NO. The largest absolute Gasteiger partial charge is 0.334 e. The van der Waals surface area contributed by atoms with Crippen LogP contribution in [0.25, 0.3) is 0 Å². The number of nitrogens with zero attached hydrogens (tertiary/aromatic N) is 1. The third-order valence-electron chi connectivity index (χ3n) is 8.69. The van der Waals surface area contributed by atoms with Gasteiger partial charge in [-0.05, 0) is 12.8 Å². The van der Waals surface area contributed by atoms with Crippen molar-refractivity contribution in [2.75, 3.05) is 13.1 Å². The van der Waals surface area contributed by atoms with Crippen molar-refractivity contribution in [1.29, 1.82) is 0 Å². The van der Waals surface area contributed by atoms with E-state index in [1.807, 2.05) is 4.90 Å². The van der Waals surface area contributed by atoms with Gasteiger partial charge in [-0.1, -0.05) is 206 Å². The quantitative estimate of drug-likeness (QED) is 0.0569. The minimum atomic E-state index is 0.917. The fourth-order valence-corrected chi connectivity index (χ4v) is 5.90. The van der Waals surface area contributed by atoms with Gasteiger partial charge in [0.15, 0.2) is 0 Å². The van der Waals surface area contributed by atoms with E-state index in [2.05, 4.69) is 20.3 Å². The monoisotopic (exact) mass is 549 g/mol. The summed E-state index contributed by atoms with van der Waals surface area (Å²) in [7, 11) is 0. The van der Waals surface area contributed by atoms with Gasteiger partial charge in [-0.3, -0.25) is 4.79 Å². The summed E-state index contributed by atoms with van der Waals surface area (Å²) in [6, 6.07) is 0. The predicted molar refractivity (Wildman–Crippen MR) is 176 cm³/mol. The lowest BCUT2D eigenvalue weighted by atomic mass is 10.0. The van der Waals surface area contributed by atoms with E-state index >= 15 is 0 Å². The molecule has 0 saturated heterocycles. The van der Waals surface area contributed by atoms with Gasteiger partial charge in [-0.25, -0.2) is 0 Å². The van der Waals surface area contributed by atoms with Crippen LogP contribution in [0, 0.1) is 0 Å². The van der Waals surface area contributed by atoms with Crippen molar-refractivity contribution in [2.45, 2.75) is 219 Å². The lowest BCUT2D eigenvalue weighted by Gasteiger charge is -2.16. The second kappa shape index (κ2) is 35.5. The molecule has 0 atom stereocenters. The summed E-state index contributed by atoms with van der Waals surface area (Å²) in [5.41, 5.74) is 0. The van der Waals surface area contributed by atoms with Crippen LogP contribution >= 0.6 is 0 Å². The van der Waals surface area contributed by atoms with Crippen molar-refractivity contribution in [3.05, 3.63) is 0 Å². The highest BCUT2D eigenvalue weighted by Crippen LogP contribution is 2.15. The van der Waals surface area contributed by atoms with Gasteiger partial charge < -0.3 is 4.90 Å². The first-order valence-corrected chi connectivity index (χ1v) is 18.5. The van der Waals surface area contributed by atoms with Gasteiger partial charge in [0.25, 0.3) is 0 Å². The first-order valence-electron chi connectivity index (χ1n) is 18.5. The normalized spacial score (nSPS) is 11.3. The summed E-state index contributed by atoms with van der Waals surface area (Å²) in [6.45, 7) is 6.42. The van der Waals surface area contributed by atoms with Crippen molar-refractivity contribution in [3.8, 4) is 0 Å². The zero-order valence-corrected chi connectivity index (χ0v) is 27.4. The van der Waals surface area contributed by atoms with E-state index in [0.717, 1.165) is 25.9 Å². The first-order chi connectivity index (χ1) is 19.3.